The van der Waals surface area contributed by atoms with E-state index in [0.29, 0.717) is 0 Å². The Bertz CT molecular complexity index is 31.9. The zero-order chi connectivity index (χ0) is 4.28. The van der Waals surface area contributed by atoms with E-state index in [1.807, 2.05) is 0 Å². The minimum Gasteiger partial charge on any atom is -0.303 e. The lowest BCUT2D eigenvalue weighted by Crippen LogP contribution is -1.98. The van der Waals surface area contributed by atoms with E-state index in [1.165, 1.54) is 5.01 Å². The normalized spacial score (nSPS) is 6.80. The van der Waals surface area contributed by atoms with Crippen LogP contribution >= 0.6 is 0 Å². The van der Waals surface area contributed by atoms with Gasteiger partial charge in [-0.15, -0.1) is 0 Å². The Morgan fingerprint density at radius 1 is 1.60 bits per heavy atom. The molecule has 0 aliphatic carbocycles. The summed E-state index contributed by atoms with van der Waals surface area (Å²) in [6.45, 7) is 4.72. The van der Waals surface area contributed by atoms with Gasteiger partial charge >= 0.3 is 0 Å². The highest BCUT2D eigenvalue weighted by Crippen LogP contribution is 1.63. The van der Waals surface area contributed by atoms with Crippen molar-refractivity contribution in [2.45, 2.75) is 0 Å². The number of rotatable bonds is 1. The molecule has 0 aliphatic rings. The summed E-state index contributed by atoms with van der Waals surface area (Å²) in [6, 6.07) is 0. The van der Waals surface area contributed by atoms with Gasteiger partial charge in [0.15, 0.2) is 0 Å². The minimum absolute atomic E-state index is 1.53. The maximum atomic E-state index is 4.72. The molecule has 0 heterocycles. The molecule has 2 heteroatoms. The van der Waals surface area contributed by atoms with E-state index in [2.05, 4.69) is 5.10 Å². The summed E-state index contributed by atoms with van der Waals surface area (Å²) >= 11 is 0. The smallest absolute Gasteiger partial charge is 0.0671 e. The Hall–Kier alpha value is -0.530. The van der Waals surface area contributed by atoms with Crippen LogP contribution in [0, 0.1) is 0 Å². The van der Waals surface area contributed by atoms with Crippen LogP contribution in [0.2, 0.25) is 0 Å². The summed E-state index contributed by atoms with van der Waals surface area (Å²) in [7, 11) is 3.53. The van der Waals surface area contributed by atoms with Gasteiger partial charge in [-0.25, -0.2) is 0 Å². The number of nitrogens with zero attached hydrogens (tertiary/aromatic N) is 2. The van der Waals surface area contributed by atoms with Crippen molar-refractivity contribution in [1.82, 2.24) is 5.01 Å². The van der Waals surface area contributed by atoms with Crippen LogP contribution in [0.5, 0.6) is 0 Å². The maximum absolute atomic E-state index is 4.72. The van der Waals surface area contributed by atoms with Crippen LogP contribution in [0.4, 0.5) is 0 Å². The summed E-state index contributed by atoms with van der Waals surface area (Å²) in [5.74, 6) is 0. The van der Waals surface area contributed by atoms with E-state index in [4.69, 9.17) is 6.72 Å². The molecule has 0 bridgehead atoms. The van der Waals surface area contributed by atoms with Gasteiger partial charge in [0.1, 0.15) is 0 Å². The topological polar surface area (TPSA) is 15.6 Å². The largest absolute Gasteiger partial charge is 0.303 e. The van der Waals surface area contributed by atoms with E-state index < -0.39 is 0 Å². The molecule has 0 aromatic heterocycles. The van der Waals surface area contributed by atoms with Crippen molar-refractivity contribution in [2.75, 3.05) is 14.1 Å². The second-order valence-electron chi connectivity index (χ2n) is 0.963. The molecule has 5 heavy (non-hydrogen) atoms. The zero-order valence-electron chi connectivity index (χ0n) is 3.47. The predicted molar refractivity (Wildman–Crippen MR) is 22.2 cm³/mol. The van der Waals surface area contributed by atoms with Crippen molar-refractivity contribution in [2.24, 2.45) is 5.10 Å². The van der Waals surface area contributed by atoms with Crippen molar-refractivity contribution >= 4 is 6.72 Å². The van der Waals surface area contributed by atoms with Gasteiger partial charge in [0.25, 0.3) is 0 Å². The predicted octanol–water partition coefficient (Wildman–Crippen LogP) is 0.0406. The van der Waals surface area contributed by atoms with Crippen molar-refractivity contribution in [3.8, 4) is 0 Å². The summed E-state index contributed by atoms with van der Waals surface area (Å²) in [5.41, 5.74) is 0. The molecule has 0 atom stereocenters. The first-order chi connectivity index (χ1) is 2.27. The molecule has 0 unspecified atom stereocenters. The van der Waals surface area contributed by atoms with Crippen LogP contribution in [-0.4, -0.2) is 25.8 Å². The first-order valence-corrected chi connectivity index (χ1v) is 1.35. The average Bonchev–Trinajstić information content (AvgIpc) is 1.38. The summed E-state index contributed by atoms with van der Waals surface area (Å²) in [5, 5.41) is 4.75. The Morgan fingerprint density at radius 2 is 1.80 bits per heavy atom. The molecular weight excluding hydrogens is 64.0 g/mol. The average molecular weight is 71.1 g/mol. The van der Waals surface area contributed by atoms with E-state index in [1.54, 1.807) is 14.1 Å². The SMILES string of the molecule is [CH]=NN(C)C. The maximum Gasteiger partial charge on any atom is 0.0671 e. The Labute approximate surface area is 32.1 Å². The van der Waals surface area contributed by atoms with Gasteiger partial charge < -0.3 is 5.01 Å². The van der Waals surface area contributed by atoms with Gasteiger partial charge in [0.05, 0.1) is 6.72 Å². The van der Waals surface area contributed by atoms with Crippen LogP contribution in [-0.2, 0) is 0 Å². The molecule has 2 nitrogen and oxygen atoms in total. The molecule has 0 aromatic carbocycles. The third kappa shape index (κ3) is 3.47. The lowest BCUT2D eigenvalue weighted by atomic mass is 11.2. The third-order valence-electron chi connectivity index (χ3n) is 0.231. The van der Waals surface area contributed by atoms with Crippen LogP contribution in [0.25, 0.3) is 0 Å². The molecule has 0 aliphatic heterocycles. The standard InChI is InChI=1S/C3H7N2/c1-4-5(2)3/h1H,2-3H3. The van der Waals surface area contributed by atoms with Crippen molar-refractivity contribution in [3.63, 3.8) is 0 Å². The zero-order valence-corrected chi connectivity index (χ0v) is 3.47. The first kappa shape index (κ1) is 4.47. The fourth-order valence-electron chi connectivity index (χ4n) is 0. The third-order valence-corrected chi connectivity index (χ3v) is 0.231. The number of hydrogen-bond acceptors (Lipinski definition) is 2. The molecule has 0 spiro atoms. The van der Waals surface area contributed by atoms with Crippen LogP contribution in [0.15, 0.2) is 5.10 Å². The quantitative estimate of drug-likeness (QED) is 0.315. The molecule has 0 amide bonds. The second kappa shape index (κ2) is 1.76. The number of hydrogen-bond donors (Lipinski definition) is 0. The van der Waals surface area contributed by atoms with E-state index in [0.717, 1.165) is 0 Å². The fourth-order valence-corrected chi connectivity index (χ4v) is 0. The highest BCUT2D eigenvalue weighted by atomic mass is 15.4. The lowest BCUT2D eigenvalue weighted by molar-refractivity contribution is 0.442. The second-order valence-corrected chi connectivity index (χ2v) is 0.963. The van der Waals surface area contributed by atoms with Crippen LogP contribution in [0.1, 0.15) is 0 Å². The molecular formula is C3H7N2. The van der Waals surface area contributed by atoms with Crippen molar-refractivity contribution in [3.05, 3.63) is 0 Å². The molecule has 0 saturated carbocycles. The van der Waals surface area contributed by atoms with Crippen LogP contribution < -0.4 is 0 Å². The van der Waals surface area contributed by atoms with Crippen molar-refractivity contribution < 1.29 is 0 Å². The summed E-state index contributed by atoms with van der Waals surface area (Å²) in [6.07, 6.45) is 0. The highest BCUT2D eigenvalue weighted by Gasteiger charge is 1.62. The Balaban J connectivity index is 2.83. The Morgan fingerprint density at radius 3 is 1.80 bits per heavy atom. The van der Waals surface area contributed by atoms with E-state index in [9.17, 15) is 0 Å². The van der Waals surface area contributed by atoms with Gasteiger partial charge in [-0.3, -0.25) is 0 Å². The molecule has 0 aromatic rings. The molecule has 0 rings (SSSR count). The molecule has 29 valence electrons. The van der Waals surface area contributed by atoms with E-state index in [-0.39, 0.29) is 0 Å². The molecule has 0 saturated heterocycles. The fraction of sp³-hybridized carbons (Fsp3) is 0.667. The lowest BCUT2D eigenvalue weighted by Gasteiger charge is -1.96. The number of hydrazone groups is 1. The summed E-state index contributed by atoms with van der Waals surface area (Å²) in [4.78, 5) is 0. The highest BCUT2D eigenvalue weighted by molar-refractivity contribution is 5.22. The van der Waals surface area contributed by atoms with Gasteiger partial charge in [-0.1, -0.05) is 0 Å². The van der Waals surface area contributed by atoms with Gasteiger partial charge in [-0.2, -0.15) is 5.10 Å². The van der Waals surface area contributed by atoms with E-state index >= 15 is 0 Å². The van der Waals surface area contributed by atoms with Crippen molar-refractivity contribution in [1.29, 1.82) is 0 Å². The molecule has 1 radical (unpaired) electrons. The van der Waals surface area contributed by atoms with Gasteiger partial charge in [0.2, 0.25) is 0 Å². The Kier molecular flexibility index (Phi) is 1.57. The van der Waals surface area contributed by atoms with Gasteiger partial charge in [0, 0.05) is 14.1 Å². The minimum atomic E-state index is 1.53. The summed E-state index contributed by atoms with van der Waals surface area (Å²) < 4.78 is 0. The first-order valence-electron chi connectivity index (χ1n) is 1.35. The van der Waals surface area contributed by atoms with Gasteiger partial charge in [-0.05, 0) is 0 Å². The van der Waals surface area contributed by atoms with Crippen LogP contribution in [0.3, 0.4) is 0 Å². The molecule has 0 N–H and O–H groups in total. The molecule has 0 fully saturated rings. The monoisotopic (exact) mass is 71.1 g/mol.